The molecule has 1 N–H and O–H groups in total. The van der Waals surface area contributed by atoms with E-state index < -0.39 is 6.10 Å². The Morgan fingerprint density at radius 3 is 2.85 bits per heavy atom. The molecule has 3 atom stereocenters. The Labute approximate surface area is 200 Å². The van der Waals surface area contributed by atoms with Crippen LogP contribution in [0.5, 0.6) is 5.88 Å². The molecular weight excluding hydrogens is 432 g/mol. The molecule has 1 aliphatic carbocycles. The quantitative estimate of drug-likeness (QED) is 0.706. The summed E-state index contributed by atoms with van der Waals surface area (Å²) in [7, 11) is 1.72. The Balaban J connectivity index is 1.65. The summed E-state index contributed by atoms with van der Waals surface area (Å²) in [5.74, 6) is -0.249. The lowest BCUT2D eigenvalue weighted by Gasteiger charge is -2.37. The van der Waals surface area contributed by atoms with E-state index in [1.54, 1.807) is 47.4 Å². The molecule has 2 amide bonds. The lowest BCUT2D eigenvalue weighted by molar-refractivity contribution is 0.0312. The number of aromatic nitrogens is 2. The second-order valence-electron chi connectivity index (χ2n) is 9.22. The van der Waals surface area contributed by atoms with Crippen molar-refractivity contribution in [3.8, 4) is 5.88 Å². The number of ether oxygens (including phenoxy) is 1. The van der Waals surface area contributed by atoms with Gasteiger partial charge in [0.2, 0.25) is 5.88 Å². The van der Waals surface area contributed by atoms with Gasteiger partial charge in [0, 0.05) is 31.9 Å². The number of amides is 2. The van der Waals surface area contributed by atoms with Crippen molar-refractivity contribution in [2.24, 2.45) is 5.92 Å². The van der Waals surface area contributed by atoms with Crippen LogP contribution in [0.3, 0.4) is 0 Å². The van der Waals surface area contributed by atoms with E-state index in [-0.39, 0.29) is 36.3 Å². The second-order valence-corrected chi connectivity index (χ2v) is 9.22. The fourth-order valence-corrected chi connectivity index (χ4v) is 4.47. The van der Waals surface area contributed by atoms with Crippen LogP contribution < -0.4 is 4.74 Å². The summed E-state index contributed by atoms with van der Waals surface area (Å²) in [5.41, 5.74) is 2.87. The van der Waals surface area contributed by atoms with Crippen molar-refractivity contribution >= 4 is 17.4 Å². The van der Waals surface area contributed by atoms with E-state index in [1.165, 1.54) is 5.57 Å². The van der Waals surface area contributed by atoms with Gasteiger partial charge in [0.15, 0.2) is 0 Å². The predicted molar refractivity (Wildman–Crippen MR) is 128 cm³/mol. The van der Waals surface area contributed by atoms with Crippen LogP contribution in [-0.4, -0.2) is 75.6 Å². The normalized spacial score (nSPS) is 21.1. The average molecular weight is 465 g/mol. The molecular formula is C26H32N4O4. The third kappa shape index (κ3) is 4.97. The number of pyridine rings is 2. The molecule has 4 rings (SSSR count). The van der Waals surface area contributed by atoms with E-state index >= 15 is 0 Å². The van der Waals surface area contributed by atoms with Crippen LogP contribution in [0.15, 0.2) is 42.7 Å². The van der Waals surface area contributed by atoms with Crippen molar-refractivity contribution < 1.29 is 19.4 Å². The van der Waals surface area contributed by atoms with E-state index in [0.29, 0.717) is 24.3 Å². The third-order valence-corrected chi connectivity index (χ3v) is 6.62. The molecule has 3 heterocycles. The number of allylic oxidation sites excluding steroid dienone is 2. The Morgan fingerprint density at radius 2 is 2.18 bits per heavy atom. The van der Waals surface area contributed by atoms with E-state index in [4.69, 9.17) is 4.74 Å². The largest absolute Gasteiger partial charge is 0.472 e. The maximum Gasteiger partial charge on any atom is 0.272 e. The molecule has 0 spiro atoms. The highest BCUT2D eigenvalue weighted by atomic mass is 16.5. The first-order chi connectivity index (χ1) is 16.4. The number of hydrogen-bond acceptors (Lipinski definition) is 6. The lowest BCUT2D eigenvalue weighted by atomic mass is 9.99. The van der Waals surface area contributed by atoms with Crippen LogP contribution in [0.4, 0.5) is 0 Å². The highest BCUT2D eigenvalue weighted by molar-refractivity contribution is 5.97. The zero-order chi connectivity index (χ0) is 24.2. The van der Waals surface area contributed by atoms with Crippen molar-refractivity contribution in [1.82, 2.24) is 19.8 Å². The van der Waals surface area contributed by atoms with Gasteiger partial charge >= 0.3 is 0 Å². The molecule has 0 saturated heterocycles. The minimum atomic E-state index is -0.401. The molecule has 34 heavy (non-hydrogen) atoms. The first-order valence-corrected chi connectivity index (χ1v) is 11.8. The average Bonchev–Trinajstić information content (AvgIpc) is 3.40. The van der Waals surface area contributed by atoms with Crippen molar-refractivity contribution in [3.05, 3.63) is 59.6 Å². The van der Waals surface area contributed by atoms with Gasteiger partial charge in [-0.05, 0) is 55.5 Å². The molecule has 2 aromatic heterocycles. The predicted octanol–water partition coefficient (Wildman–Crippen LogP) is 3.04. The molecule has 0 radical (unpaired) electrons. The van der Waals surface area contributed by atoms with Crippen LogP contribution in [0, 0.1) is 5.92 Å². The van der Waals surface area contributed by atoms with Gasteiger partial charge in [-0.25, -0.2) is 4.98 Å². The SMILES string of the molecule is C[C@@H]1CN([C@H](C)CO)C(=O)c2cc(C3=CCCC3)cnc2O[C@@H]1CN(C)C(=O)c1ccccn1. The number of aliphatic hydroxyl groups is 1. The Hall–Kier alpha value is -3.26. The summed E-state index contributed by atoms with van der Waals surface area (Å²) in [6.07, 6.45) is 8.23. The fraction of sp³-hybridized carbons (Fsp3) is 0.462. The van der Waals surface area contributed by atoms with Gasteiger partial charge in [0.1, 0.15) is 17.4 Å². The summed E-state index contributed by atoms with van der Waals surface area (Å²) in [4.78, 5) is 38.4. The van der Waals surface area contributed by atoms with Crippen LogP contribution >= 0.6 is 0 Å². The molecule has 0 aromatic carbocycles. The maximum atomic E-state index is 13.5. The van der Waals surface area contributed by atoms with Crippen LogP contribution in [0.2, 0.25) is 0 Å². The highest BCUT2D eigenvalue weighted by Gasteiger charge is 2.35. The molecule has 8 heteroatoms. The summed E-state index contributed by atoms with van der Waals surface area (Å²) in [6.45, 7) is 4.37. The number of carbonyl (C=O) groups is 2. The monoisotopic (exact) mass is 464 g/mol. The minimum absolute atomic E-state index is 0.107. The molecule has 0 saturated carbocycles. The van der Waals surface area contributed by atoms with Gasteiger partial charge in [-0.15, -0.1) is 0 Å². The van der Waals surface area contributed by atoms with E-state index in [1.807, 2.05) is 19.9 Å². The summed E-state index contributed by atoms with van der Waals surface area (Å²) < 4.78 is 6.30. The summed E-state index contributed by atoms with van der Waals surface area (Å²) >= 11 is 0. The number of carbonyl (C=O) groups excluding carboxylic acids is 2. The van der Waals surface area contributed by atoms with Gasteiger partial charge in [0.05, 0.1) is 19.2 Å². The molecule has 2 aliphatic rings. The number of nitrogens with zero attached hydrogens (tertiary/aromatic N) is 4. The minimum Gasteiger partial charge on any atom is -0.472 e. The molecule has 8 nitrogen and oxygen atoms in total. The van der Waals surface area contributed by atoms with Gasteiger partial charge in [-0.3, -0.25) is 14.6 Å². The van der Waals surface area contributed by atoms with Crippen molar-refractivity contribution in [3.63, 3.8) is 0 Å². The number of aliphatic hydroxyl groups excluding tert-OH is 1. The Kier molecular flexibility index (Phi) is 7.26. The standard InChI is InChI=1S/C26H32N4O4/c1-17-14-30(18(2)16-31)25(32)21-12-20(19-8-4-5-9-19)13-28-24(21)34-23(17)15-29(3)26(33)22-10-6-7-11-27-22/h6-8,10-13,17-18,23,31H,4-5,9,14-16H2,1-3H3/t17-,18-,23-/m1/s1. The first-order valence-electron chi connectivity index (χ1n) is 11.8. The van der Waals surface area contributed by atoms with Crippen molar-refractivity contribution in [2.45, 2.75) is 45.3 Å². The lowest BCUT2D eigenvalue weighted by Crippen LogP contribution is -2.50. The van der Waals surface area contributed by atoms with Gasteiger partial charge < -0.3 is 19.6 Å². The second kappa shape index (κ2) is 10.3. The number of likely N-dealkylation sites (N-methyl/N-ethyl adjacent to an activating group) is 1. The summed E-state index contributed by atoms with van der Waals surface area (Å²) in [6, 6.07) is 6.72. The van der Waals surface area contributed by atoms with Crippen LogP contribution in [0.1, 0.15) is 59.5 Å². The number of fused-ring (bicyclic) bond motifs is 1. The van der Waals surface area contributed by atoms with E-state index in [0.717, 1.165) is 24.8 Å². The van der Waals surface area contributed by atoms with E-state index in [2.05, 4.69) is 16.0 Å². The number of rotatable bonds is 6. The Bertz CT molecular complexity index is 1070. The van der Waals surface area contributed by atoms with Gasteiger partial charge in [-0.2, -0.15) is 0 Å². The Morgan fingerprint density at radius 1 is 1.35 bits per heavy atom. The fourth-order valence-electron chi connectivity index (χ4n) is 4.47. The topological polar surface area (TPSA) is 95.9 Å². The van der Waals surface area contributed by atoms with Crippen molar-refractivity contribution in [2.75, 3.05) is 26.7 Å². The molecule has 180 valence electrons. The van der Waals surface area contributed by atoms with Crippen molar-refractivity contribution in [1.29, 1.82) is 0 Å². The molecule has 1 aliphatic heterocycles. The van der Waals surface area contributed by atoms with E-state index in [9.17, 15) is 14.7 Å². The maximum absolute atomic E-state index is 13.5. The summed E-state index contributed by atoms with van der Waals surface area (Å²) in [5, 5.41) is 9.83. The zero-order valence-corrected chi connectivity index (χ0v) is 20.0. The molecule has 0 unspecified atom stereocenters. The van der Waals surface area contributed by atoms with Crippen LogP contribution in [0.25, 0.3) is 5.57 Å². The first kappa shape index (κ1) is 23.9. The third-order valence-electron chi connectivity index (χ3n) is 6.62. The number of hydrogen-bond donors (Lipinski definition) is 1. The smallest absolute Gasteiger partial charge is 0.272 e. The van der Waals surface area contributed by atoms with Gasteiger partial charge in [-0.1, -0.05) is 19.1 Å². The van der Waals surface area contributed by atoms with Gasteiger partial charge in [0.25, 0.3) is 11.8 Å². The molecule has 2 aromatic rings. The molecule has 0 fully saturated rings. The highest BCUT2D eigenvalue weighted by Crippen LogP contribution is 2.32. The zero-order valence-electron chi connectivity index (χ0n) is 20.0. The van der Waals surface area contributed by atoms with Crippen LogP contribution in [-0.2, 0) is 0 Å². The molecule has 0 bridgehead atoms.